The Kier molecular flexibility index (Phi) is 6.70. The summed E-state index contributed by atoms with van der Waals surface area (Å²) in [5, 5.41) is 0. The molecule has 0 nitrogen and oxygen atoms in total. The molecular formula is C12H4CdF6Te2. The first-order chi connectivity index (χ1) is 9.88. The van der Waals surface area contributed by atoms with Gasteiger partial charge in [0.25, 0.3) is 0 Å². The van der Waals surface area contributed by atoms with E-state index in [4.69, 9.17) is 0 Å². The first kappa shape index (κ1) is 17.9. The average molecular weight is 630 g/mol. The van der Waals surface area contributed by atoms with Crippen LogP contribution < -0.4 is 7.22 Å². The molecule has 0 heterocycles. The molecule has 0 fully saturated rings. The van der Waals surface area contributed by atoms with E-state index in [1.54, 1.807) is 0 Å². The molecule has 0 radical (unpaired) electrons. The van der Waals surface area contributed by atoms with Gasteiger partial charge >= 0.3 is 141 Å². The van der Waals surface area contributed by atoms with Crippen LogP contribution in [-0.4, -0.2) is 32.3 Å². The zero-order valence-electron chi connectivity index (χ0n) is 10.1. The van der Waals surface area contributed by atoms with Crippen LogP contribution >= 0.6 is 0 Å². The van der Waals surface area contributed by atoms with Crippen molar-refractivity contribution >= 4 is 39.5 Å². The van der Waals surface area contributed by atoms with Crippen molar-refractivity contribution in [2.24, 2.45) is 0 Å². The summed E-state index contributed by atoms with van der Waals surface area (Å²) in [5.41, 5.74) is 0. The zero-order valence-corrected chi connectivity index (χ0v) is 18.8. The Bertz CT molecular complexity index is 575. The van der Waals surface area contributed by atoms with Crippen molar-refractivity contribution in [2.75, 3.05) is 0 Å². The molecule has 0 aliphatic rings. The van der Waals surface area contributed by atoms with E-state index < -0.39 is 83.0 Å². The van der Waals surface area contributed by atoms with Crippen LogP contribution in [0.5, 0.6) is 0 Å². The molecule has 0 bridgehead atoms. The summed E-state index contributed by atoms with van der Waals surface area (Å²) in [6.45, 7) is 0. The fraction of sp³-hybridized carbons (Fsp3) is 0. The Hall–Kier alpha value is 0.521. The number of hydrogen-bond donors (Lipinski definition) is 0. The summed E-state index contributed by atoms with van der Waals surface area (Å²) in [6.07, 6.45) is 0. The van der Waals surface area contributed by atoms with Crippen molar-refractivity contribution in [2.45, 2.75) is 0 Å². The van der Waals surface area contributed by atoms with E-state index in [0.717, 1.165) is 0 Å². The molecule has 0 saturated carbocycles. The number of rotatable bonds is 4. The quantitative estimate of drug-likeness (QED) is 0.358. The maximum absolute atomic E-state index is 13.5. The molecule has 0 saturated heterocycles. The van der Waals surface area contributed by atoms with Crippen LogP contribution in [0.15, 0.2) is 24.3 Å². The van der Waals surface area contributed by atoms with E-state index >= 15 is 0 Å². The normalized spacial score (nSPS) is 10.6. The first-order valence-corrected chi connectivity index (χ1v) is 33.2. The molecule has 0 aliphatic heterocycles. The van der Waals surface area contributed by atoms with Gasteiger partial charge in [0.2, 0.25) is 0 Å². The Morgan fingerprint density at radius 2 is 0.857 bits per heavy atom. The molecule has 2 aromatic rings. The van der Waals surface area contributed by atoms with Gasteiger partial charge in [0.05, 0.1) is 0 Å². The van der Waals surface area contributed by atoms with Crippen LogP contribution in [0, 0.1) is 34.9 Å². The minimum atomic E-state index is -1.72. The van der Waals surface area contributed by atoms with Gasteiger partial charge in [-0.15, -0.1) is 0 Å². The van der Waals surface area contributed by atoms with Gasteiger partial charge in [-0.1, -0.05) is 0 Å². The molecule has 0 unspecified atom stereocenters. The SMILES string of the molecule is Fc1cc(F)c([Te][Cd][Te]c2c(F)cc(F)cc2F)c(F)c1. The summed E-state index contributed by atoms with van der Waals surface area (Å²) >= 11 is -4.04. The molecule has 0 aliphatic carbocycles. The standard InChI is InChI=1S/2C6H3F3Te.Cd/c2*7-3-1-4(8)6(10)5(9)2-3;/h2*1-2,10H;/q;;+2/p-2. The van der Waals surface area contributed by atoms with Crippen molar-refractivity contribution < 1.29 is 42.2 Å². The van der Waals surface area contributed by atoms with Crippen LogP contribution in [0.2, 0.25) is 0 Å². The second-order valence-electron chi connectivity index (χ2n) is 3.80. The number of halogens is 6. The van der Waals surface area contributed by atoms with Gasteiger partial charge in [-0.3, -0.25) is 0 Å². The predicted octanol–water partition coefficient (Wildman–Crippen LogP) is 1.79. The summed E-state index contributed by atoms with van der Waals surface area (Å²) in [5.74, 6) is -5.64. The Morgan fingerprint density at radius 1 is 0.571 bits per heavy atom. The van der Waals surface area contributed by atoms with Gasteiger partial charge in [-0.05, 0) is 0 Å². The van der Waals surface area contributed by atoms with E-state index in [0.29, 0.717) is 24.3 Å². The molecule has 0 N–H and O–H groups in total. The Balaban J connectivity index is 2.09. The van der Waals surface area contributed by atoms with E-state index in [1.807, 2.05) is 0 Å². The van der Waals surface area contributed by atoms with E-state index in [1.165, 1.54) is 0 Å². The van der Waals surface area contributed by atoms with Crippen LogP contribution in [-0.2, 0) is 15.8 Å². The van der Waals surface area contributed by atoms with Gasteiger partial charge in [-0.25, -0.2) is 0 Å². The molecule has 0 amide bonds. The van der Waals surface area contributed by atoms with Crippen molar-refractivity contribution in [3.8, 4) is 0 Å². The fourth-order valence-electron chi connectivity index (χ4n) is 1.48. The van der Waals surface area contributed by atoms with E-state index in [2.05, 4.69) is 0 Å². The van der Waals surface area contributed by atoms with Gasteiger partial charge in [0, 0.05) is 0 Å². The Morgan fingerprint density at radius 3 is 1.14 bits per heavy atom. The monoisotopic (exact) mass is 636 g/mol. The zero-order chi connectivity index (χ0) is 15.6. The molecule has 0 spiro atoms. The van der Waals surface area contributed by atoms with Crippen molar-refractivity contribution in [3.63, 3.8) is 0 Å². The first-order valence-electron chi connectivity index (χ1n) is 5.43. The van der Waals surface area contributed by atoms with Crippen molar-refractivity contribution in [1.29, 1.82) is 0 Å². The fourth-order valence-corrected chi connectivity index (χ4v) is 58.6. The van der Waals surface area contributed by atoms with Gasteiger partial charge in [-0.2, -0.15) is 0 Å². The molecule has 0 aromatic heterocycles. The van der Waals surface area contributed by atoms with Gasteiger partial charge in [0.15, 0.2) is 0 Å². The van der Waals surface area contributed by atoms with Crippen LogP contribution in [0.4, 0.5) is 26.3 Å². The molecule has 108 valence electrons. The number of hydrogen-bond acceptors (Lipinski definition) is 0. The second kappa shape index (κ2) is 7.87. The predicted molar refractivity (Wildman–Crippen MR) is 63.4 cm³/mol. The van der Waals surface area contributed by atoms with E-state index in [-0.39, 0.29) is 7.22 Å². The third-order valence-electron chi connectivity index (χ3n) is 2.33. The molecule has 21 heavy (non-hydrogen) atoms. The number of benzene rings is 2. The van der Waals surface area contributed by atoms with Crippen molar-refractivity contribution in [3.05, 3.63) is 59.2 Å². The van der Waals surface area contributed by atoms with Gasteiger partial charge in [0.1, 0.15) is 0 Å². The van der Waals surface area contributed by atoms with Crippen LogP contribution in [0.1, 0.15) is 0 Å². The summed E-state index contributed by atoms with van der Waals surface area (Å²) in [6, 6.07) is 2.48. The third-order valence-corrected chi connectivity index (χ3v) is 52.7. The summed E-state index contributed by atoms with van der Waals surface area (Å²) in [4.78, 5) is 0. The van der Waals surface area contributed by atoms with Crippen molar-refractivity contribution in [1.82, 2.24) is 0 Å². The van der Waals surface area contributed by atoms with Crippen LogP contribution in [0.25, 0.3) is 0 Å². The molecule has 2 aromatic carbocycles. The molecule has 2 rings (SSSR count). The Labute approximate surface area is 139 Å². The van der Waals surface area contributed by atoms with Gasteiger partial charge < -0.3 is 0 Å². The third kappa shape index (κ3) is 4.74. The average Bonchev–Trinajstić information content (AvgIpc) is 2.34. The second-order valence-corrected chi connectivity index (χ2v) is 54.3. The van der Waals surface area contributed by atoms with Crippen LogP contribution in [0.3, 0.4) is 0 Å². The molecule has 0 atom stereocenters. The maximum atomic E-state index is 13.5. The van der Waals surface area contributed by atoms with E-state index in [9.17, 15) is 26.3 Å². The molecular weight excluding hydrogens is 626 g/mol. The summed E-state index contributed by atoms with van der Waals surface area (Å²) < 4.78 is 79.1. The summed E-state index contributed by atoms with van der Waals surface area (Å²) in [7, 11) is 0. The topological polar surface area (TPSA) is 0 Å². The minimum absolute atomic E-state index is 0.0920. The molecule has 9 heteroatoms.